The Morgan fingerprint density at radius 1 is 1.39 bits per heavy atom. The van der Waals surface area contributed by atoms with E-state index in [0.29, 0.717) is 0 Å². The highest BCUT2D eigenvalue weighted by Gasteiger charge is 2.18. The summed E-state index contributed by atoms with van der Waals surface area (Å²) >= 11 is 0. The maximum absolute atomic E-state index is 6.12. The van der Waals surface area contributed by atoms with E-state index < -0.39 is 0 Å². The fourth-order valence-electron chi connectivity index (χ4n) is 2.50. The van der Waals surface area contributed by atoms with Crippen molar-refractivity contribution in [2.45, 2.75) is 52.1 Å². The summed E-state index contributed by atoms with van der Waals surface area (Å²) in [4.78, 5) is 0. The van der Waals surface area contributed by atoms with Crippen molar-refractivity contribution in [3.63, 3.8) is 0 Å². The van der Waals surface area contributed by atoms with Crippen LogP contribution in [0.2, 0.25) is 0 Å². The second-order valence-electron chi connectivity index (χ2n) is 5.77. The number of hydrogen-bond acceptors (Lipinski definition) is 2. The highest BCUT2D eigenvalue weighted by Crippen LogP contribution is 2.28. The van der Waals surface area contributed by atoms with Gasteiger partial charge >= 0.3 is 0 Å². The van der Waals surface area contributed by atoms with Crippen LogP contribution >= 0.6 is 0 Å². The lowest BCUT2D eigenvalue weighted by molar-refractivity contribution is 0.116. The van der Waals surface area contributed by atoms with E-state index >= 15 is 0 Å². The summed E-state index contributed by atoms with van der Waals surface area (Å²) in [5.41, 5.74) is 8.92. The number of ether oxygens (including phenoxy) is 1. The van der Waals surface area contributed by atoms with Gasteiger partial charge in [0.1, 0.15) is 0 Å². The number of rotatable bonds is 6. The maximum atomic E-state index is 6.12. The van der Waals surface area contributed by atoms with E-state index in [1.165, 1.54) is 24.0 Å². The van der Waals surface area contributed by atoms with Gasteiger partial charge in [0.2, 0.25) is 0 Å². The SMILES string of the molecule is CC(C)CCOCCn1cc2c(c1)C(N)CCC2. The molecule has 1 unspecified atom stereocenters. The molecule has 0 aromatic carbocycles. The summed E-state index contributed by atoms with van der Waals surface area (Å²) in [6.07, 6.45) is 9.15. The molecule has 3 nitrogen and oxygen atoms in total. The third-order valence-electron chi connectivity index (χ3n) is 3.69. The second kappa shape index (κ2) is 6.39. The molecule has 0 amide bonds. The monoisotopic (exact) mass is 250 g/mol. The molecule has 1 aliphatic rings. The Morgan fingerprint density at radius 3 is 2.94 bits per heavy atom. The summed E-state index contributed by atoms with van der Waals surface area (Å²) in [7, 11) is 0. The second-order valence-corrected chi connectivity index (χ2v) is 5.77. The van der Waals surface area contributed by atoms with Gasteiger partial charge in [-0.15, -0.1) is 0 Å². The molecule has 0 spiro atoms. The van der Waals surface area contributed by atoms with Crippen LogP contribution in [0.5, 0.6) is 0 Å². The molecule has 18 heavy (non-hydrogen) atoms. The van der Waals surface area contributed by atoms with Gasteiger partial charge in [-0.05, 0) is 42.7 Å². The molecule has 102 valence electrons. The van der Waals surface area contributed by atoms with Gasteiger partial charge in [-0.3, -0.25) is 0 Å². The standard InChI is InChI=1S/C15H26N2O/c1-12(2)6-8-18-9-7-17-10-13-4-3-5-15(16)14(13)11-17/h10-12,15H,3-9,16H2,1-2H3. The molecule has 1 atom stereocenters. The summed E-state index contributed by atoms with van der Waals surface area (Å²) in [6, 6.07) is 0.247. The molecule has 1 aromatic rings. The van der Waals surface area contributed by atoms with Crippen LogP contribution in [0.15, 0.2) is 12.4 Å². The van der Waals surface area contributed by atoms with Crippen LogP contribution in [0.4, 0.5) is 0 Å². The summed E-state index contributed by atoms with van der Waals surface area (Å²) < 4.78 is 7.90. The predicted octanol–water partition coefficient (Wildman–Crippen LogP) is 2.89. The molecule has 3 heteroatoms. The average Bonchev–Trinajstić information content (AvgIpc) is 2.72. The van der Waals surface area contributed by atoms with Crippen molar-refractivity contribution in [2.75, 3.05) is 13.2 Å². The predicted molar refractivity (Wildman–Crippen MR) is 74.6 cm³/mol. The average molecular weight is 250 g/mol. The van der Waals surface area contributed by atoms with Crippen molar-refractivity contribution in [3.8, 4) is 0 Å². The maximum Gasteiger partial charge on any atom is 0.0645 e. The van der Waals surface area contributed by atoms with Crippen LogP contribution in [-0.2, 0) is 17.7 Å². The molecule has 0 saturated heterocycles. The number of fused-ring (bicyclic) bond motifs is 1. The number of hydrogen-bond donors (Lipinski definition) is 1. The Morgan fingerprint density at radius 2 is 2.22 bits per heavy atom. The number of aryl methyl sites for hydroxylation is 1. The Bertz CT molecular complexity index is 371. The van der Waals surface area contributed by atoms with E-state index in [-0.39, 0.29) is 6.04 Å². The molecule has 1 heterocycles. The number of nitrogens with zero attached hydrogens (tertiary/aromatic N) is 1. The van der Waals surface area contributed by atoms with E-state index in [2.05, 4.69) is 30.8 Å². The van der Waals surface area contributed by atoms with Crippen LogP contribution in [0.3, 0.4) is 0 Å². The number of aromatic nitrogens is 1. The van der Waals surface area contributed by atoms with E-state index in [0.717, 1.165) is 38.5 Å². The van der Waals surface area contributed by atoms with E-state index in [1.54, 1.807) is 0 Å². The molecule has 0 saturated carbocycles. The van der Waals surface area contributed by atoms with E-state index in [1.807, 2.05) is 0 Å². The lowest BCUT2D eigenvalue weighted by Crippen LogP contribution is -2.15. The van der Waals surface area contributed by atoms with Crippen LogP contribution < -0.4 is 5.73 Å². The summed E-state index contributed by atoms with van der Waals surface area (Å²) in [6.45, 7) is 7.07. The van der Waals surface area contributed by atoms with Crippen molar-refractivity contribution in [1.82, 2.24) is 4.57 Å². The molecule has 1 aromatic heterocycles. The van der Waals surface area contributed by atoms with Crippen molar-refractivity contribution in [2.24, 2.45) is 11.7 Å². The minimum absolute atomic E-state index is 0.247. The molecule has 0 radical (unpaired) electrons. The van der Waals surface area contributed by atoms with Gasteiger partial charge in [0.05, 0.1) is 6.61 Å². The Kier molecular flexibility index (Phi) is 4.84. The van der Waals surface area contributed by atoms with Gasteiger partial charge in [0.25, 0.3) is 0 Å². The molecule has 2 N–H and O–H groups in total. The largest absolute Gasteiger partial charge is 0.380 e. The van der Waals surface area contributed by atoms with Gasteiger partial charge in [-0.2, -0.15) is 0 Å². The molecular weight excluding hydrogens is 224 g/mol. The minimum Gasteiger partial charge on any atom is -0.380 e. The van der Waals surface area contributed by atoms with Crippen LogP contribution in [0.1, 0.15) is 50.3 Å². The van der Waals surface area contributed by atoms with Gasteiger partial charge in [-0.1, -0.05) is 13.8 Å². The number of nitrogens with two attached hydrogens (primary N) is 1. The zero-order valence-corrected chi connectivity index (χ0v) is 11.7. The van der Waals surface area contributed by atoms with Crippen molar-refractivity contribution < 1.29 is 4.74 Å². The van der Waals surface area contributed by atoms with Crippen molar-refractivity contribution >= 4 is 0 Å². The molecular formula is C15H26N2O. The lowest BCUT2D eigenvalue weighted by atomic mass is 9.92. The summed E-state index contributed by atoms with van der Waals surface area (Å²) in [5.74, 6) is 0.724. The summed E-state index contributed by atoms with van der Waals surface area (Å²) in [5, 5.41) is 0. The van der Waals surface area contributed by atoms with Crippen molar-refractivity contribution in [1.29, 1.82) is 0 Å². The quantitative estimate of drug-likeness (QED) is 0.789. The lowest BCUT2D eigenvalue weighted by Gasteiger charge is -2.17. The fourth-order valence-corrected chi connectivity index (χ4v) is 2.50. The van der Waals surface area contributed by atoms with Crippen LogP contribution in [-0.4, -0.2) is 17.8 Å². The Balaban J connectivity index is 1.77. The highest BCUT2D eigenvalue weighted by atomic mass is 16.5. The minimum atomic E-state index is 0.247. The normalized spacial score (nSPS) is 19.2. The van der Waals surface area contributed by atoms with Gasteiger partial charge < -0.3 is 15.0 Å². The molecule has 0 aliphatic heterocycles. The fraction of sp³-hybridized carbons (Fsp3) is 0.733. The zero-order valence-electron chi connectivity index (χ0n) is 11.7. The molecule has 0 fully saturated rings. The Hall–Kier alpha value is -0.800. The zero-order chi connectivity index (χ0) is 13.0. The van der Waals surface area contributed by atoms with E-state index in [4.69, 9.17) is 10.5 Å². The molecule has 1 aliphatic carbocycles. The van der Waals surface area contributed by atoms with Crippen molar-refractivity contribution in [3.05, 3.63) is 23.5 Å². The highest BCUT2D eigenvalue weighted by molar-refractivity contribution is 5.29. The third kappa shape index (κ3) is 3.59. The first kappa shape index (κ1) is 13.6. The first-order valence-corrected chi connectivity index (χ1v) is 7.18. The van der Waals surface area contributed by atoms with E-state index in [9.17, 15) is 0 Å². The smallest absolute Gasteiger partial charge is 0.0645 e. The first-order valence-electron chi connectivity index (χ1n) is 7.18. The third-order valence-corrected chi connectivity index (χ3v) is 3.69. The molecule has 0 bridgehead atoms. The van der Waals surface area contributed by atoms with Gasteiger partial charge in [0, 0.05) is 31.6 Å². The van der Waals surface area contributed by atoms with Gasteiger partial charge in [0.15, 0.2) is 0 Å². The Labute approximate surface area is 110 Å². The first-order chi connectivity index (χ1) is 8.66. The van der Waals surface area contributed by atoms with Crippen LogP contribution in [0.25, 0.3) is 0 Å². The molecule has 2 rings (SSSR count). The topological polar surface area (TPSA) is 40.2 Å². The van der Waals surface area contributed by atoms with Crippen LogP contribution in [0, 0.1) is 5.92 Å². The van der Waals surface area contributed by atoms with Gasteiger partial charge in [-0.25, -0.2) is 0 Å².